The molecule has 1 fully saturated rings. The van der Waals surface area contributed by atoms with Gasteiger partial charge in [0.1, 0.15) is 5.52 Å². The van der Waals surface area contributed by atoms with Gasteiger partial charge in [0.2, 0.25) is 0 Å². The second kappa shape index (κ2) is 4.07. The van der Waals surface area contributed by atoms with Gasteiger partial charge in [0.25, 0.3) is 0 Å². The number of hydrogen-bond acceptors (Lipinski definition) is 5. The van der Waals surface area contributed by atoms with Crippen LogP contribution in [-0.4, -0.2) is 32.7 Å². The van der Waals surface area contributed by atoms with Crippen molar-refractivity contribution < 1.29 is 12.8 Å². The van der Waals surface area contributed by atoms with Crippen LogP contribution in [0.4, 0.5) is 0 Å². The van der Waals surface area contributed by atoms with Gasteiger partial charge >= 0.3 is 0 Å². The Balaban J connectivity index is 2.06. The van der Waals surface area contributed by atoms with Gasteiger partial charge < -0.3 is 9.73 Å². The normalized spacial score (nSPS) is 20.6. The lowest BCUT2D eigenvalue weighted by Crippen LogP contribution is -2.07. The van der Waals surface area contributed by atoms with Crippen molar-refractivity contribution in [1.82, 2.24) is 10.3 Å². The van der Waals surface area contributed by atoms with Crippen molar-refractivity contribution in [2.45, 2.75) is 17.2 Å². The Morgan fingerprint density at radius 3 is 2.94 bits per heavy atom. The second-order valence-electron chi connectivity index (χ2n) is 4.64. The van der Waals surface area contributed by atoms with E-state index >= 15 is 0 Å². The molecular formula is C12H14N2O3S. The van der Waals surface area contributed by atoms with Gasteiger partial charge in [-0.25, -0.2) is 13.4 Å². The van der Waals surface area contributed by atoms with Crippen molar-refractivity contribution in [3.05, 3.63) is 24.1 Å². The standard InChI is InChI=1S/C12H14N2O3S/c1-18(15,16)9-2-3-11-10(6-9)14-12(17-11)8-4-5-13-7-8/h2-3,6,8,13H,4-5,7H2,1H3. The first-order valence-corrected chi connectivity index (χ1v) is 7.74. The lowest BCUT2D eigenvalue weighted by molar-refractivity contribution is 0.485. The molecule has 1 saturated heterocycles. The van der Waals surface area contributed by atoms with Crippen LogP contribution in [0.5, 0.6) is 0 Å². The van der Waals surface area contributed by atoms with Crippen LogP contribution in [0.1, 0.15) is 18.2 Å². The fourth-order valence-electron chi connectivity index (χ4n) is 2.20. The number of nitrogens with zero attached hydrogens (tertiary/aromatic N) is 1. The van der Waals surface area contributed by atoms with E-state index in [4.69, 9.17) is 4.42 Å². The Bertz CT molecular complexity index is 684. The van der Waals surface area contributed by atoms with E-state index in [9.17, 15) is 8.42 Å². The monoisotopic (exact) mass is 266 g/mol. The molecule has 1 unspecified atom stereocenters. The van der Waals surface area contributed by atoms with E-state index in [0.717, 1.165) is 19.5 Å². The molecule has 5 nitrogen and oxygen atoms in total. The molecule has 1 aromatic heterocycles. The first-order valence-electron chi connectivity index (χ1n) is 5.85. The highest BCUT2D eigenvalue weighted by Crippen LogP contribution is 2.26. The molecule has 6 heteroatoms. The number of sulfone groups is 1. The zero-order valence-corrected chi connectivity index (χ0v) is 10.8. The van der Waals surface area contributed by atoms with E-state index in [1.165, 1.54) is 6.26 Å². The Morgan fingerprint density at radius 1 is 1.44 bits per heavy atom. The Hall–Kier alpha value is -1.40. The summed E-state index contributed by atoms with van der Waals surface area (Å²) in [6.45, 7) is 1.84. The highest BCUT2D eigenvalue weighted by Gasteiger charge is 2.22. The summed E-state index contributed by atoms with van der Waals surface area (Å²) in [7, 11) is -3.20. The average molecular weight is 266 g/mol. The van der Waals surface area contributed by atoms with E-state index in [1.54, 1.807) is 18.2 Å². The Labute approximate surface area is 105 Å². The lowest BCUT2D eigenvalue weighted by Gasteiger charge is -1.99. The quantitative estimate of drug-likeness (QED) is 0.887. The summed E-state index contributed by atoms with van der Waals surface area (Å²) < 4.78 is 28.6. The molecule has 1 aliphatic heterocycles. The summed E-state index contributed by atoms with van der Waals surface area (Å²) in [5.74, 6) is 0.986. The predicted octanol–water partition coefficient (Wildman–Crippen LogP) is 1.31. The molecule has 0 aliphatic carbocycles. The molecule has 1 aliphatic rings. The van der Waals surface area contributed by atoms with Gasteiger partial charge in [0.15, 0.2) is 21.3 Å². The van der Waals surface area contributed by atoms with E-state index in [1.807, 2.05) is 0 Å². The van der Waals surface area contributed by atoms with Crippen molar-refractivity contribution in [3.63, 3.8) is 0 Å². The molecule has 2 aromatic rings. The number of oxazole rings is 1. The molecule has 3 rings (SSSR count). The zero-order chi connectivity index (χ0) is 12.8. The summed E-state index contributed by atoms with van der Waals surface area (Å²) in [5, 5.41) is 3.25. The SMILES string of the molecule is CS(=O)(=O)c1ccc2oc(C3CCNC3)nc2c1. The fraction of sp³-hybridized carbons (Fsp3) is 0.417. The maximum Gasteiger partial charge on any atom is 0.199 e. The van der Waals surface area contributed by atoms with E-state index in [0.29, 0.717) is 22.9 Å². The van der Waals surface area contributed by atoms with Gasteiger partial charge in [-0.2, -0.15) is 0 Å². The Kier molecular flexibility index (Phi) is 2.64. The number of aromatic nitrogens is 1. The van der Waals surface area contributed by atoms with E-state index in [-0.39, 0.29) is 4.90 Å². The molecule has 96 valence electrons. The molecule has 1 N–H and O–H groups in total. The molecule has 0 amide bonds. The van der Waals surface area contributed by atoms with Gasteiger partial charge in [-0.15, -0.1) is 0 Å². The first-order chi connectivity index (χ1) is 8.54. The average Bonchev–Trinajstić information content (AvgIpc) is 2.95. The molecule has 0 radical (unpaired) electrons. The third kappa shape index (κ3) is 2.02. The van der Waals surface area contributed by atoms with Crippen LogP contribution in [0, 0.1) is 0 Å². The topological polar surface area (TPSA) is 72.2 Å². The minimum Gasteiger partial charge on any atom is -0.440 e. The van der Waals surface area contributed by atoms with Gasteiger partial charge in [-0.05, 0) is 31.2 Å². The van der Waals surface area contributed by atoms with E-state index < -0.39 is 9.84 Å². The van der Waals surface area contributed by atoms with Crippen LogP contribution >= 0.6 is 0 Å². The summed E-state index contributed by atoms with van der Waals surface area (Å²) >= 11 is 0. The van der Waals surface area contributed by atoms with Crippen molar-refractivity contribution in [2.75, 3.05) is 19.3 Å². The van der Waals surface area contributed by atoms with Crippen LogP contribution in [0.25, 0.3) is 11.1 Å². The molecule has 0 bridgehead atoms. The minimum atomic E-state index is -3.20. The fourth-order valence-corrected chi connectivity index (χ4v) is 2.84. The number of hydrogen-bond donors (Lipinski definition) is 1. The van der Waals surface area contributed by atoms with Crippen LogP contribution in [0.2, 0.25) is 0 Å². The molecule has 0 saturated carbocycles. The van der Waals surface area contributed by atoms with Gasteiger partial charge in [-0.1, -0.05) is 0 Å². The molecule has 2 heterocycles. The van der Waals surface area contributed by atoms with Crippen LogP contribution in [-0.2, 0) is 9.84 Å². The number of nitrogens with one attached hydrogen (secondary N) is 1. The number of fused-ring (bicyclic) bond motifs is 1. The summed E-state index contributed by atoms with van der Waals surface area (Å²) in [6, 6.07) is 4.80. The van der Waals surface area contributed by atoms with Gasteiger partial charge in [0.05, 0.1) is 4.90 Å². The smallest absolute Gasteiger partial charge is 0.199 e. The highest BCUT2D eigenvalue weighted by atomic mass is 32.2. The summed E-state index contributed by atoms with van der Waals surface area (Å²) in [4.78, 5) is 4.67. The van der Waals surface area contributed by atoms with Crippen molar-refractivity contribution in [1.29, 1.82) is 0 Å². The predicted molar refractivity (Wildman–Crippen MR) is 67.3 cm³/mol. The van der Waals surface area contributed by atoms with Crippen molar-refractivity contribution in [2.24, 2.45) is 0 Å². The second-order valence-corrected chi connectivity index (χ2v) is 6.66. The van der Waals surface area contributed by atoms with E-state index in [2.05, 4.69) is 10.3 Å². The Morgan fingerprint density at radius 2 is 2.28 bits per heavy atom. The molecule has 0 spiro atoms. The first kappa shape index (κ1) is 11.7. The largest absolute Gasteiger partial charge is 0.440 e. The molecule has 18 heavy (non-hydrogen) atoms. The van der Waals surface area contributed by atoms with Crippen molar-refractivity contribution >= 4 is 20.9 Å². The van der Waals surface area contributed by atoms with Crippen LogP contribution in [0.3, 0.4) is 0 Å². The molecular weight excluding hydrogens is 252 g/mol. The lowest BCUT2D eigenvalue weighted by atomic mass is 10.1. The highest BCUT2D eigenvalue weighted by molar-refractivity contribution is 7.90. The molecule has 1 atom stereocenters. The maximum atomic E-state index is 11.5. The number of rotatable bonds is 2. The van der Waals surface area contributed by atoms with Gasteiger partial charge in [0, 0.05) is 18.7 Å². The maximum absolute atomic E-state index is 11.5. The van der Waals surface area contributed by atoms with Crippen LogP contribution in [0.15, 0.2) is 27.5 Å². The van der Waals surface area contributed by atoms with Gasteiger partial charge in [-0.3, -0.25) is 0 Å². The third-order valence-electron chi connectivity index (χ3n) is 3.21. The van der Waals surface area contributed by atoms with Crippen LogP contribution < -0.4 is 5.32 Å². The third-order valence-corrected chi connectivity index (χ3v) is 4.32. The number of benzene rings is 1. The van der Waals surface area contributed by atoms with Crippen molar-refractivity contribution in [3.8, 4) is 0 Å². The molecule has 1 aromatic carbocycles. The summed E-state index contributed by atoms with van der Waals surface area (Å²) in [5.41, 5.74) is 1.25. The summed E-state index contributed by atoms with van der Waals surface area (Å²) in [6.07, 6.45) is 2.20. The zero-order valence-electron chi connectivity index (χ0n) is 10.0. The minimum absolute atomic E-state index is 0.277.